The summed E-state index contributed by atoms with van der Waals surface area (Å²) in [5.41, 5.74) is 7.61. The van der Waals surface area contributed by atoms with Gasteiger partial charge in [0.2, 0.25) is 10.0 Å². The second-order valence-electron chi connectivity index (χ2n) is 5.91. The third-order valence-electron chi connectivity index (χ3n) is 4.31. The van der Waals surface area contributed by atoms with Crippen molar-refractivity contribution in [2.75, 3.05) is 13.1 Å². The highest BCUT2D eigenvalue weighted by atomic mass is 32.2. The van der Waals surface area contributed by atoms with Crippen LogP contribution in [0.4, 0.5) is 4.39 Å². The van der Waals surface area contributed by atoms with Crippen LogP contribution in [0, 0.1) is 12.7 Å². The molecule has 2 aromatic carbocycles. The first kappa shape index (κ1) is 16.1. The fraction of sp³-hybridized carbons (Fsp3) is 0.294. The number of nitrogens with zero attached hydrogens (tertiary/aromatic N) is 1. The highest BCUT2D eigenvalue weighted by Crippen LogP contribution is 2.31. The summed E-state index contributed by atoms with van der Waals surface area (Å²) >= 11 is 0. The molecule has 4 nitrogen and oxygen atoms in total. The van der Waals surface area contributed by atoms with Gasteiger partial charge in [0.05, 0.1) is 4.90 Å². The highest BCUT2D eigenvalue weighted by molar-refractivity contribution is 7.89. The number of hydrogen-bond acceptors (Lipinski definition) is 3. The van der Waals surface area contributed by atoms with E-state index < -0.39 is 15.8 Å². The molecule has 0 amide bonds. The molecule has 1 heterocycles. The van der Waals surface area contributed by atoms with Crippen molar-refractivity contribution >= 4 is 10.0 Å². The quantitative estimate of drug-likeness (QED) is 0.936. The van der Waals surface area contributed by atoms with Crippen LogP contribution in [0.2, 0.25) is 0 Å². The van der Waals surface area contributed by atoms with Crippen LogP contribution < -0.4 is 5.73 Å². The fourth-order valence-electron chi connectivity index (χ4n) is 3.08. The summed E-state index contributed by atoms with van der Waals surface area (Å²) in [6, 6.07) is 13.2. The molecule has 1 fully saturated rings. The molecule has 0 aromatic heterocycles. The Bertz CT molecular complexity index is 809. The topological polar surface area (TPSA) is 63.4 Å². The maximum atomic E-state index is 13.2. The summed E-state index contributed by atoms with van der Waals surface area (Å²) in [4.78, 5) is 0.139. The number of nitrogens with two attached hydrogens (primary N) is 1. The van der Waals surface area contributed by atoms with E-state index in [0.717, 1.165) is 5.56 Å². The van der Waals surface area contributed by atoms with E-state index in [9.17, 15) is 12.8 Å². The molecule has 0 saturated carbocycles. The number of sulfonamides is 1. The summed E-state index contributed by atoms with van der Waals surface area (Å²) in [6.07, 6.45) is 0. The van der Waals surface area contributed by atoms with E-state index in [1.165, 1.54) is 22.5 Å². The fourth-order valence-corrected chi connectivity index (χ4v) is 4.79. The summed E-state index contributed by atoms with van der Waals surface area (Å²) < 4.78 is 40.3. The molecule has 1 aliphatic rings. The Labute approximate surface area is 135 Å². The molecule has 23 heavy (non-hydrogen) atoms. The van der Waals surface area contributed by atoms with Crippen molar-refractivity contribution in [2.24, 2.45) is 5.73 Å². The zero-order valence-electron chi connectivity index (χ0n) is 12.8. The van der Waals surface area contributed by atoms with Crippen LogP contribution in [0.1, 0.15) is 17.0 Å². The summed E-state index contributed by atoms with van der Waals surface area (Å²) in [5.74, 6) is -0.478. The number of benzene rings is 2. The van der Waals surface area contributed by atoms with Crippen LogP contribution in [-0.2, 0) is 10.0 Å². The lowest BCUT2D eigenvalue weighted by molar-refractivity contribution is 0.469. The molecule has 2 N–H and O–H groups in total. The molecule has 2 atom stereocenters. The number of halogens is 1. The molecule has 0 aliphatic carbocycles. The van der Waals surface area contributed by atoms with Crippen LogP contribution in [0.15, 0.2) is 53.4 Å². The lowest BCUT2D eigenvalue weighted by Crippen LogP contribution is -2.32. The molecule has 1 aliphatic heterocycles. The van der Waals surface area contributed by atoms with Gasteiger partial charge in [-0.1, -0.05) is 30.3 Å². The first-order valence-electron chi connectivity index (χ1n) is 7.46. The van der Waals surface area contributed by atoms with Gasteiger partial charge in [-0.3, -0.25) is 0 Å². The van der Waals surface area contributed by atoms with E-state index in [0.29, 0.717) is 12.1 Å². The van der Waals surface area contributed by atoms with Gasteiger partial charge in [-0.05, 0) is 36.2 Å². The molecule has 0 unspecified atom stereocenters. The predicted octanol–water partition coefficient (Wildman–Crippen LogP) is 2.25. The zero-order valence-corrected chi connectivity index (χ0v) is 13.6. The number of hydrogen-bond donors (Lipinski definition) is 1. The van der Waals surface area contributed by atoms with Crippen molar-refractivity contribution in [1.29, 1.82) is 0 Å². The molecular weight excluding hydrogens is 315 g/mol. The number of aryl methyl sites for hydroxylation is 1. The second kappa shape index (κ2) is 6.03. The minimum atomic E-state index is -3.67. The summed E-state index contributed by atoms with van der Waals surface area (Å²) in [7, 11) is -3.67. The average Bonchev–Trinajstić information content (AvgIpc) is 2.90. The standard InChI is InChI=1S/C17H19FN2O2S/c1-12-9-14(18)7-8-17(12)23(21,22)20-10-15(16(19)11-20)13-5-3-2-4-6-13/h2-9,15-16H,10-11,19H2,1H3/t15-,16+/m0/s1. The summed E-state index contributed by atoms with van der Waals surface area (Å²) in [6.45, 7) is 2.20. The number of rotatable bonds is 3. The van der Waals surface area contributed by atoms with Gasteiger partial charge in [0.15, 0.2) is 0 Å². The minimum absolute atomic E-state index is 0.0354. The Kier molecular flexibility index (Phi) is 4.23. The maximum absolute atomic E-state index is 13.2. The predicted molar refractivity (Wildman–Crippen MR) is 87.1 cm³/mol. The van der Waals surface area contributed by atoms with Gasteiger partial charge in [-0.15, -0.1) is 0 Å². The minimum Gasteiger partial charge on any atom is -0.326 e. The third kappa shape index (κ3) is 3.02. The van der Waals surface area contributed by atoms with E-state index in [4.69, 9.17) is 5.73 Å². The SMILES string of the molecule is Cc1cc(F)ccc1S(=O)(=O)N1C[C@@H](N)[C@H](c2ccccc2)C1. The van der Waals surface area contributed by atoms with Gasteiger partial charge in [-0.2, -0.15) is 4.31 Å². The van der Waals surface area contributed by atoms with E-state index in [1.54, 1.807) is 6.92 Å². The Morgan fingerprint density at radius 2 is 1.83 bits per heavy atom. The second-order valence-corrected chi connectivity index (χ2v) is 7.82. The molecule has 0 spiro atoms. The van der Waals surface area contributed by atoms with Crippen LogP contribution >= 0.6 is 0 Å². The lowest BCUT2D eigenvalue weighted by Gasteiger charge is -2.18. The lowest BCUT2D eigenvalue weighted by atomic mass is 9.95. The molecule has 0 bridgehead atoms. The van der Waals surface area contributed by atoms with Gasteiger partial charge in [0.1, 0.15) is 5.82 Å². The normalized spacial score (nSPS) is 22.4. The van der Waals surface area contributed by atoms with Crippen molar-refractivity contribution in [3.8, 4) is 0 Å². The van der Waals surface area contributed by atoms with Gasteiger partial charge >= 0.3 is 0 Å². The first-order chi connectivity index (χ1) is 10.9. The van der Waals surface area contributed by atoms with E-state index in [1.807, 2.05) is 30.3 Å². The maximum Gasteiger partial charge on any atom is 0.243 e. The van der Waals surface area contributed by atoms with E-state index in [2.05, 4.69) is 0 Å². The molecule has 3 rings (SSSR count). The van der Waals surface area contributed by atoms with Crippen LogP contribution in [0.5, 0.6) is 0 Å². The smallest absolute Gasteiger partial charge is 0.243 e. The Balaban J connectivity index is 1.90. The van der Waals surface area contributed by atoms with E-state index in [-0.39, 0.29) is 23.4 Å². The third-order valence-corrected chi connectivity index (χ3v) is 6.31. The monoisotopic (exact) mass is 334 g/mol. The average molecular weight is 334 g/mol. The van der Waals surface area contributed by atoms with E-state index >= 15 is 0 Å². The Hall–Kier alpha value is -1.76. The Morgan fingerprint density at radius 1 is 1.13 bits per heavy atom. The van der Waals surface area contributed by atoms with Crippen molar-refractivity contribution in [1.82, 2.24) is 4.31 Å². The van der Waals surface area contributed by atoms with Crippen molar-refractivity contribution < 1.29 is 12.8 Å². The molecule has 6 heteroatoms. The molecular formula is C17H19FN2O2S. The van der Waals surface area contributed by atoms with Crippen molar-refractivity contribution in [2.45, 2.75) is 23.8 Å². The van der Waals surface area contributed by atoms with Gasteiger partial charge in [-0.25, -0.2) is 12.8 Å². The molecule has 122 valence electrons. The Morgan fingerprint density at radius 3 is 2.48 bits per heavy atom. The van der Waals surface area contributed by atoms with Crippen molar-refractivity contribution in [3.05, 3.63) is 65.5 Å². The largest absolute Gasteiger partial charge is 0.326 e. The zero-order chi connectivity index (χ0) is 16.6. The molecule has 0 radical (unpaired) electrons. The highest BCUT2D eigenvalue weighted by Gasteiger charge is 2.38. The van der Waals surface area contributed by atoms with Gasteiger partial charge < -0.3 is 5.73 Å². The van der Waals surface area contributed by atoms with Gasteiger partial charge in [0, 0.05) is 25.0 Å². The first-order valence-corrected chi connectivity index (χ1v) is 8.90. The molecule has 1 saturated heterocycles. The molecule has 2 aromatic rings. The van der Waals surface area contributed by atoms with Crippen LogP contribution in [0.25, 0.3) is 0 Å². The summed E-state index contributed by atoms with van der Waals surface area (Å²) in [5, 5.41) is 0. The van der Waals surface area contributed by atoms with Crippen molar-refractivity contribution in [3.63, 3.8) is 0 Å². The van der Waals surface area contributed by atoms with Crippen LogP contribution in [-0.4, -0.2) is 31.9 Å². The van der Waals surface area contributed by atoms with Gasteiger partial charge in [0.25, 0.3) is 0 Å². The van der Waals surface area contributed by atoms with Crippen LogP contribution in [0.3, 0.4) is 0 Å².